The van der Waals surface area contributed by atoms with Gasteiger partial charge in [-0.3, -0.25) is 9.69 Å². The smallest absolute Gasteiger partial charge is 0.266 e. The van der Waals surface area contributed by atoms with Crippen molar-refractivity contribution in [2.45, 2.75) is 19.6 Å². The summed E-state index contributed by atoms with van der Waals surface area (Å²) in [4.78, 5) is 15.3. The Balaban J connectivity index is 1.44. The first-order valence-corrected chi connectivity index (χ1v) is 10.9. The summed E-state index contributed by atoms with van der Waals surface area (Å²) in [5, 5.41) is 0. The highest BCUT2D eigenvalue weighted by Crippen LogP contribution is 2.38. The van der Waals surface area contributed by atoms with Crippen LogP contribution in [-0.2, 0) is 11.4 Å². The lowest BCUT2D eigenvalue weighted by Gasteiger charge is -2.23. The molecule has 0 spiro atoms. The first kappa shape index (κ1) is 20.4. The van der Waals surface area contributed by atoms with E-state index in [9.17, 15) is 4.79 Å². The summed E-state index contributed by atoms with van der Waals surface area (Å²) in [6, 6.07) is 27.6. The Hall–Kier alpha value is -2.89. The highest BCUT2D eigenvalue weighted by molar-refractivity contribution is 8.26. The second-order valence-corrected chi connectivity index (χ2v) is 8.66. The number of carbonyl (C=O) groups is 1. The molecule has 4 rings (SSSR count). The van der Waals surface area contributed by atoms with Crippen molar-refractivity contribution in [1.82, 2.24) is 4.90 Å². The molecule has 1 fully saturated rings. The van der Waals surface area contributed by atoms with Gasteiger partial charge < -0.3 is 4.74 Å². The quantitative estimate of drug-likeness (QED) is 0.342. The molecule has 0 radical (unpaired) electrons. The lowest BCUT2D eigenvalue weighted by Crippen LogP contribution is -2.30. The zero-order valence-corrected chi connectivity index (χ0v) is 18.2. The summed E-state index contributed by atoms with van der Waals surface area (Å²) in [6.45, 7) is 2.53. The number of rotatable bonds is 6. The Kier molecular flexibility index (Phi) is 6.31. The third kappa shape index (κ3) is 4.64. The number of amides is 1. The average Bonchev–Trinajstić information content (AvgIpc) is 3.07. The van der Waals surface area contributed by atoms with Gasteiger partial charge in [-0.2, -0.15) is 0 Å². The summed E-state index contributed by atoms with van der Waals surface area (Å²) in [5.74, 6) is 0.743. The molecule has 0 saturated carbocycles. The topological polar surface area (TPSA) is 29.5 Å². The van der Waals surface area contributed by atoms with Gasteiger partial charge in [0.05, 0.1) is 10.9 Å². The van der Waals surface area contributed by atoms with Crippen molar-refractivity contribution in [3.63, 3.8) is 0 Å². The Morgan fingerprint density at radius 1 is 0.967 bits per heavy atom. The van der Waals surface area contributed by atoms with E-state index in [1.165, 1.54) is 11.8 Å². The number of nitrogens with zero attached hydrogens (tertiary/aromatic N) is 1. The van der Waals surface area contributed by atoms with Crippen LogP contribution < -0.4 is 4.74 Å². The van der Waals surface area contributed by atoms with Crippen molar-refractivity contribution in [1.29, 1.82) is 0 Å². The molecule has 30 heavy (non-hydrogen) atoms. The van der Waals surface area contributed by atoms with Gasteiger partial charge in [-0.25, -0.2) is 0 Å². The molecule has 3 nitrogen and oxygen atoms in total. The molecule has 0 aromatic heterocycles. The van der Waals surface area contributed by atoms with Gasteiger partial charge in [0, 0.05) is 0 Å². The molecule has 1 aliphatic rings. The first-order valence-electron chi connectivity index (χ1n) is 9.70. The summed E-state index contributed by atoms with van der Waals surface area (Å²) in [6.07, 6.45) is 1.89. The first-order chi connectivity index (χ1) is 14.6. The van der Waals surface area contributed by atoms with E-state index in [0.717, 1.165) is 22.4 Å². The van der Waals surface area contributed by atoms with E-state index >= 15 is 0 Å². The normalized spacial score (nSPS) is 16.2. The number of thioether (sulfide) groups is 1. The molecule has 0 aliphatic carbocycles. The predicted molar refractivity (Wildman–Crippen MR) is 127 cm³/mol. The van der Waals surface area contributed by atoms with E-state index in [2.05, 4.69) is 0 Å². The van der Waals surface area contributed by atoms with Crippen LogP contribution in [0.4, 0.5) is 0 Å². The van der Waals surface area contributed by atoms with Crippen molar-refractivity contribution in [2.24, 2.45) is 0 Å². The number of thiocarbonyl (C=S) groups is 1. The largest absolute Gasteiger partial charge is 0.489 e. The third-order valence-corrected chi connectivity index (χ3v) is 6.25. The van der Waals surface area contributed by atoms with Crippen LogP contribution in [0.5, 0.6) is 5.75 Å². The van der Waals surface area contributed by atoms with E-state index < -0.39 is 0 Å². The lowest BCUT2D eigenvalue weighted by molar-refractivity contribution is -0.123. The highest BCUT2D eigenvalue weighted by Gasteiger charge is 2.35. The van der Waals surface area contributed by atoms with Crippen LogP contribution in [-0.4, -0.2) is 15.1 Å². The minimum absolute atomic E-state index is 0.0502. The molecular formula is C25H21NO2S2. The van der Waals surface area contributed by atoms with E-state index in [-0.39, 0.29) is 11.9 Å². The molecule has 1 saturated heterocycles. The molecule has 1 amide bonds. The van der Waals surface area contributed by atoms with Gasteiger partial charge in [-0.05, 0) is 41.8 Å². The fourth-order valence-electron chi connectivity index (χ4n) is 3.25. The van der Waals surface area contributed by atoms with Gasteiger partial charge in [-0.15, -0.1) is 0 Å². The Morgan fingerprint density at radius 2 is 1.60 bits per heavy atom. The van der Waals surface area contributed by atoms with Crippen LogP contribution >= 0.6 is 24.0 Å². The predicted octanol–water partition coefficient (Wildman–Crippen LogP) is 6.23. The zero-order valence-electron chi connectivity index (χ0n) is 16.5. The monoisotopic (exact) mass is 431 g/mol. The van der Waals surface area contributed by atoms with E-state index in [4.69, 9.17) is 17.0 Å². The maximum Gasteiger partial charge on any atom is 0.266 e. The Morgan fingerprint density at radius 3 is 2.27 bits per heavy atom. The van der Waals surface area contributed by atoms with Crippen molar-refractivity contribution < 1.29 is 9.53 Å². The lowest BCUT2D eigenvalue weighted by atomic mass is 10.1. The Bertz CT molecular complexity index is 1060. The highest BCUT2D eigenvalue weighted by atomic mass is 32.2. The van der Waals surface area contributed by atoms with Crippen molar-refractivity contribution in [3.05, 3.63) is 107 Å². The van der Waals surface area contributed by atoms with Gasteiger partial charge in [0.1, 0.15) is 16.7 Å². The van der Waals surface area contributed by atoms with E-state index in [0.29, 0.717) is 15.8 Å². The van der Waals surface area contributed by atoms with E-state index in [1.54, 1.807) is 4.90 Å². The molecule has 0 N–H and O–H groups in total. The van der Waals surface area contributed by atoms with Crippen molar-refractivity contribution in [3.8, 4) is 5.75 Å². The summed E-state index contributed by atoms with van der Waals surface area (Å²) >= 11 is 6.85. The SMILES string of the molecule is CC(c1ccccc1)N1C(=O)C(=Cc2ccc(OCc3ccccc3)cc2)SC1=S. The number of carbonyl (C=O) groups excluding carboxylic acids is 1. The van der Waals surface area contributed by atoms with Crippen LogP contribution in [0.25, 0.3) is 6.08 Å². The molecule has 5 heteroatoms. The van der Waals surface area contributed by atoms with Gasteiger partial charge in [0.15, 0.2) is 0 Å². The fourth-order valence-corrected chi connectivity index (χ4v) is 4.67. The van der Waals surface area contributed by atoms with Gasteiger partial charge >= 0.3 is 0 Å². The summed E-state index contributed by atoms with van der Waals surface area (Å²) in [7, 11) is 0. The molecule has 1 atom stereocenters. The van der Waals surface area contributed by atoms with Gasteiger partial charge in [0.2, 0.25) is 0 Å². The van der Waals surface area contributed by atoms with Crippen LogP contribution in [0.1, 0.15) is 29.7 Å². The maximum absolute atomic E-state index is 13.0. The molecule has 150 valence electrons. The second-order valence-electron chi connectivity index (χ2n) is 6.98. The van der Waals surface area contributed by atoms with Crippen LogP contribution in [0.2, 0.25) is 0 Å². The summed E-state index contributed by atoms with van der Waals surface area (Å²) in [5.41, 5.74) is 3.13. The molecule has 3 aromatic carbocycles. The van der Waals surface area contributed by atoms with Gasteiger partial charge in [-0.1, -0.05) is 96.8 Å². The molecule has 1 aliphatic heterocycles. The zero-order chi connectivity index (χ0) is 20.9. The number of ether oxygens (including phenoxy) is 1. The molecular weight excluding hydrogens is 410 g/mol. The Labute approximate surface area is 186 Å². The van der Waals surface area contributed by atoms with Crippen molar-refractivity contribution in [2.75, 3.05) is 0 Å². The fraction of sp³-hybridized carbons (Fsp3) is 0.120. The molecule has 0 bridgehead atoms. The average molecular weight is 432 g/mol. The van der Waals surface area contributed by atoms with Crippen LogP contribution in [0, 0.1) is 0 Å². The van der Waals surface area contributed by atoms with Gasteiger partial charge in [0.25, 0.3) is 5.91 Å². The molecule has 1 heterocycles. The minimum atomic E-state index is -0.0987. The van der Waals surface area contributed by atoms with Crippen molar-refractivity contribution >= 4 is 40.3 Å². The standard InChI is InChI=1S/C25H21NO2S2/c1-18(21-10-6-3-7-11-21)26-24(27)23(30-25(26)29)16-19-12-14-22(15-13-19)28-17-20-8-4-2-5-9-20/h2-16,18H,17H2,1H3. The maximum atomic E-state index is 13.0. The summed E-state index contributed by atoms with van der Waals surface area (Å²) < 4.78 is 6.42. The second kappa shape index (κ2) is 9.28. The number of benzene rings is 3. The molecule has 3 aromatic rings. The third-order valence-electron chi connectivity index (χ3n) is 4.92. The minimum Gasteiger partial charge on any atom is -0.489 e. The number of hydrogen-bond donors (Lipinski definition) is 0. The van der Waals surface area contributed by atoms with Crippen LogP contribution in [0.15, 0.2) is 89.8 Å². The number of hydrogen-bond acceptors (Lipinski definition) is 4. The van der Waals surface area contributed by atoms with E-state index in [1.807, 2.05) is 97.9 Å². The molecule has 1 unspecified atom stereocenters. The van der Waals surface area contributed by atoms with Crippen LogP contribution in [0.3, 0.4) is 0 Å².